The van der Waals surface area contributed by atoms with Crippen molar-refractivity contribution in [3.05, 3.63) is 23.8 Å². The van der Waals surface area contributed by atoms with E-state index in [0.717, 1.165) is 24.4 Å². The number of rotatable bonds is 5. The van der Waals surface area contributed by atoms with E-state index < -0.39 is 10.0 Å². The summed E-state index contributed by atoms with van der Waals surface area (Å²) in [6, 6.07) is 5.36. The molecule has 0 aromatic heterocycles. The molecule has 0 amide bonds. The molecule has 0 spiro atoms. The normalized spacial score (nSPS) is 16.2. The molecule has 1 aromatic carbocycles. The molecule has 0 saturated heterocycles. The summed E-state index contributed by atoms with van der Waals surface area (Å²) in [6.07, 6.45) is 2.95. The van der Waals surface area contributed by atoms with Crippen molar-refractivity contribution in [2.24, 2.45) is 0 Å². The highest BCUT2D eigenvalue weighted by molar-refractivity contribution is 7.98. The van der Waals surface area contributed by atoms with E-state index in [0.29, 0.717) is 4.90 Å². The second kappa shape index (κ2) is 5.73. The molecule has 1 aliphatic heterocycles. The molecule has 106 valence electrons. The Morgan fingerprint density at radius 3 is 2.89 bits per heavy atom. The Morgan fingerprint density at radius 2 is 2.21 bits per heavy atom. The highest BCUT2D eigenvalue weighted by Gasteiger charge is 2.26. The number of sulfonamides is 1. The highest BCUT2D eigenvalue weighted by Crippen LogP contribution is 2.27. The Bertz CT molecular complexity index is 558. The van der Waals surface area contributed by atoms with Crippen LogP contribution in [0.2, 0.25) is 0 Å². The predicted molar refractivity (Wildman–Crippen MR) is 81.4 cm³/mol. The number of hydrogen-bond donors (Lipinski definition) is 1. The lowest BCUT2D eigenvalue weighted by Crippen LogP contribution is -2.36. The number of anilines is 1. The third-order valence-corrected chi connectivity index (χ3v) is 6.28. The van der Waals surface area contributed by atoms with Gasteiger partial charge in [0, 0.05) is 31.1 Å². The lowest BCUT2D eigenvalue weighted by Gasteiger charge is -2.24. The van der Waals surface area contributed by atoms with Crippen LogP contribution in [0, 0.1) is 0 Å². The number of nitrogens with zero attached hydrogens (tertiary/aromatic N) is 1. The minimum Gasteiger partial charge on any atom is -0.384 e. The predicted octanol–water partition coefficient (Wildman–Crippen LogP) is 2.03. The number of fused-ring (bicyclic) bond motifs is 1. The molecule has 1 unspecified atom stereocenters. The Hall–Kier alpha value is -0.720. The molecule has 6 heteroatoms. The minimum atomic E-state index is -3.40. The third-order valence-electron chi connectivity index (χ3n) is 3.50. The fourth-order valence-corrected chi connectivity index (χ4v) is 4.37. The molecule has 1 aromatic rings. The van der Waals surface area contributed by atoms with Gasteiger partial charge in [-0.2, -0.15) is 16.1 Å². The number of hydrogen-bond acceptors (Lipinski definition) is 4. The van der Waals surface area contributed by atoms with Crippen LogP contribution < -0.4 is 5.32 Å². The van der Waals surface area contributed by atoms with E-state index in [2.05, 4.69) is 5.32 Å². The molecule has 1 N–H and O–H groups in total. The molecular formula is C13H20N2O2S2. The standard InChI is InChI=1S/C13H20N2O2S2/c1-10(9-18-3)15(2)19(16,17)12-5-4-11-6-7-14-13(11)8-12/h4-5,8,10,14H,6-7,9H2,1-3H3. The van der Waals surface area contributed by atoms with Crippen molar-refractivity contribution in [2.45, 2.75) is 24.3 Å². The van der Waals surface area contributed by atoms with Gasteiger partial charge in [-0.3, -0.25) is 0 Å². The zero-order valence-electron chi connectivity index (χ0n) is 11.5. The topological polar surface area (TPSA) is 49.4 Å². The first-order valence-electron chi connectivity index (χ1n) is 6.30. The maximum atomic E-state index is 12.5. The second-order valence-corrected chi connectivity index (χ2v) is 7.73. The van der Waals surface area contributed by atoms with Gasteiger partial charge in [0.15, 0.2) is 0 Å². The molecule has 19 heavy (non-hydrogen) atoms. The van der Waals surface area contributed by atoms with Gasteiger partial charge in [0.2, 0.25) is 10.0 Å². The Kier molecular flexibility index (Phi) is 4.43. The van der Waals surface area contributed by atoms with E-state index in [-0.39, 0.29) is 6.04 Å². The van der Waals surface area contributed by atoms with Gasteiger partial charge in [0.05, 0.1) is 4.90 Å². The molecule has 1 aliphatic rings. The van der Waals surface area contributed by atoms with E-state index in [1.165, 1.54) is 9.87 Å². The average molecular weight is 300 g/mol. The lowest BCUT2D eigenvalue weighted by atomic mass is 10.2. The number of thioether (sulfide) groups is 1. The lowest BCUT2D eigenvalue weighted by molar-refractivity contribution is 0.415. The first-order chi connectivity index (χ1) is 8.96. The van der Waals surface area contributed by atoms with Crippen molar-refractivity contribution < 1.29 is 8.42 Å². The van der Waals surface area contributed by atoms with E-state index in [9.17, 15) is 8.42 Å². The molecule has 0 radical (unpaired) electrons. The van der Waals surface area contributed by atoms with Crippen molar-refractivity contribution in [1.29, 1.82) is 0 Å². The van der Waals surface area contributed by atoms with Crippen LogP contribution in [0.1, 0.15) is 12.5 Å². The fraction of sp³-hybridized carbons (Fsp3) is 0.538. The largest absolute Gasteiger partial charge is 0.384 e. The van der Waals surface area contributed by atoms with Crippen LogP contribution >= 0.6 is 11.8 Å². The maximum Gasteiger partial charge on any atom is 0.243 e. The van der Waals surface area contributed by atoms with Crippen LogP contribution in [0.4, 0.5) is 5.69 Å². The van der Waals surface area contributed by atoms with Crippen LogP contribution in [0.3, 0.4) is 0 Å². The molecule has 0 saturated carbocycles. The van der Waals surface area contributed by atoms with Gasteiger partial charge in [-0.15, -0.1) is 0 Å². The molecule has 1 atom stereocenters. The zero-order chi connectivity index (χ0) is 14.0. The smallest absolute Gasteiger partial charge is 0.243 e. The summed E-state index contributed by atoms with van der Waals surface area (Å²) < 4.78 is 26.5. The number of benzene rings is 1. The minimum absolute atomic E-state index is 0.0128. The Labute approximate surface area is 119 Å². The molecule has 0 fully saturated rings. The molecule has 1 heterocycles. The molecule has 0 aliphatic carbocycles. The molecule has 0 bridgehead atoms. The Morgan fingerprint density at radius 1 is 1.47 bits per heavy atom. The van der Waals surface area contributed by atoms with Crippen molar-refractivity contribution in [3.63, 3.8) is 0 Å². The van der Waals surface area contributed by atoms with E-state index in [1.807, 2.05) is 19.2 Å². The van der Waals surface area contributed by atoms with Crippen LogP contribution in [0.5, 0.6) is 0 Å². The van der Waals surface area contributed by atoms with E-state index >= 15 is 0 Å². The van der Waals surface area contributed by atoms with Crippen LogP contribution in [-0.4, -0.2) is 44.4 Å². The quantitative estimate of drug-likeness (QED) is 0.904. The second-order valence-electron chi connectivity index (χ2n) is 4.82. The summed E-state index contributed by atoms with van der Waals surface area (Å²) in [7, 11) is -1.75. The first-order valence-corrected chi connectivity index (χ1v) is 9.14. The van der Waals surface area contributed by atoms with Gasteiger partial charge in [0.25, 0.3) is 0 Å². The summed E-state index contributed by atoms with van der Waals surface area (Å²) in [6.45, 7) is 2.82. The van der Waals surface area contributed by atoms with Gasteiger partial charge < -0.3 is 5.32 Å². The molecule has 2 rings (SSSR count). The van der Waals surface area contributed by atoms with E-state index in [1.54, 1.807) is 30.9 Å². The number of nitrogens with one attached hydrogen (secondary N) is 1. The highest BCUT2D eigenvalue weighted by atomic mass is 32.2. The van der Waals surface area contributed by atoms with Crippen molar-refractivity contribution in [1.82, 2.24) is 4.31 Å². The van der Waals surface area contributed by atoms with Gasteiger partial charge in [-0.25, -0.2) is 8.42 Å². The van der Waals surface area contributed by atoms with Crippen molar-refractivity contribution in [3.8, 4) is 0 Å². The zero-order valence-corrected chi connectivity index (χ0v) is 13.1. The Balaban J connectivity index is 2.29. The van der Waals surface area contributed by atoms with Crippen LogP contribution in [-0.2, 0) is 16.4 Å². The molecular weight excluding hydrogens is 280 g/mol. The summed E-state index contributed by atoms with van der Waals surface area (Å²) in [5, 5.41) is 3.22. The maximum absolute atomic E-state index is 12.5. The molecule has 4 nitrogen and oxygen atoms in total. The van der Waals surface area contributed by atoms with E-state index in [4.69, 9.17) is 0 Å². The van der Waals surface area contributed by atoms with Crippen molar-refractivity contribution >= 4 is 27.5 Å². The van der Waals surface area contributed by atoms with Gasteiger partial charge in [0.1, 0.15) is 0 Å². The van der Waals surface area contributed by atoms with Gasteiger partial charge >= 0.3 is 0 Å². The fourth-order valence-electron chi connectivity index (χ4n) is 2.18. The van der Waals surface area contributed by atoms with Gasteiger partial charge in [-0.05, 0) is 37.3 Å². The average Bonchev–Trinajstić information content (AvgIpc) is 2.85. The van der Waals surface area contributed by atoms with Crippen LogP contribution in [0.15, 0.2) is 23.1 Å². The summed E-state index contributed by atoms with van der Waals surface area (Å²) >= 11 is 1.65. The monoisotopic (exact) mass is 300 g/mol. The van der Waals surface area contributed by atoms with Crippen molar-refractivity contribution in [2.75, 3.05) is 30.9 Å². The summed E-state index contributed by atoms with van der Waals surface area (Å²) in [5.74, 6) is 0.791. The first kappa shape index (κ1) is 14.7. The van der Waals surface area contributed by atoms with Gasteiger partial charge in [-0.1, -0.05) is 6.07 Å². The van der Waals surface area contributed by atoms with Crippen LogP contribution in [0.25, 0.3) is 0 Å². The summed E-state index contributed by atoms with van der Waals surface area (Å²) in [4.78, 5) is 0.371. The summed E-state index contributed by atoms with van der Waals surface area (Å²) in [5.41, 5.74) is 2.14. The third kappa shape index (κ3) is 2.90. The SMILES string of the molecule is CSCC(C)N(C)S(=O)(=O)c1ccc2c(c1)NCC2.